The maximum Gasteiger partial charge on any atom is 0.258 e. The van der Waals surface area contributed by atoms with Crippen LogP contribution in [0.5, 0.6) is 0 Å². The number of hydrogen-bond donors (Lipinski definition) is 1. The van der Waals surface area contributed by atoms with Gasteiger partial charge in [0.1, 0.15) is 5.82 Å². The van der Waals surface area contributed by atoms with Crippen molar-refractivity contribution in [1.82, 2.24) is 9.97 Å². The Morgan fingerprint density at radius 2 is 1.96 bits per heavy atom. The lowest BCUT2D eigenvalue weighted by molar-refractivity contribution is 0.464. The Labute approximate surface area is 156 Å². The molecule has 5 rings (SSSR count). The van der Waals surface area contributed by atoms with Gasteiger partial charge in [0.15, 0.2) is 0 Å². The van der Waals surface area contributed by atoms with Crippen molar-refractivity contribution in [2.75, 3.05) is 11.4 Å². The molecule has 0 radical (unpaired) electrons. The minimum absolute atomic E-state index is 0.129. The van der Waals surface area contributed by atoms with Gasteiger partial charge in [-0.1, -0.05) is 42.6 Å². The van der Waals surface area contributed by atoms with E-state index in [0.717, 1.165) is 6.54 Å². The highest BCUT2D eigenvalue weighted by Crippen LogP contribution is 2.50. The van der Waals surface area contributed by atoms with Gasteiger partial charge in [0.2, 0.25) is 0 Å². The highest BCUT2D eigenvalue weighted by atomic mass is 35.5. The fraction of sp³-hybridized carbons (Fsp3) is 0.333. The molecule has 0 saturated heterocycles. The fourth-order valence-electron chi connectivity index (χ4n) is 4.77. The van der Waals surface area contributed by atoms with Crippen LogP contribution in [-0.4, -0.2) is 16.5 Å². The molecule has 2 aliphatic rings. The lowest BCUT2D eigenvalue weighted by Crippen LogP contribution is -2.31. The molecular weight excluding hydrogens is 346 g/mol. The molecular formula is C21H20ClN3O. The first kappa shape index (κ1) is 15.9. The Hall–Kier alpha value is -2.33. The van der Waals surface area contributed by atoms with E-state index in [1.807, 2.05) is 6.07 Å². The van der Waals surface area contributed by atoms with Gasteiger partial charge in [0.25, 0.3) is 5.56 Å². The number of para-hydroxylation sites is 1. The van der Waals surface area contributed by atoms with Gasteiger partial charge in [0, 0.05) is 22.7 Å². The summed E-state index contributed by atoms with van der Waals surface area (Å²) in [6.07, 6.45) is 5.10. The van der Waals surface area contributed by atoms with E-state index in [0.29, 0.717) is 28.3 Å². The number of anilines is 1. The molecule has 0 atom stereocenters. The molecule has 0 bridgehead atoms. The zero-order valence-corrected chi connectivity index (χ0v) is 15.2. The number of fused-ring (bicyclic) bond motifs is 3. The third-order valence-electron chi connectivity index (χ3n) is 5.93. The van der Waals surface area contributed by atoms with Crippen molar-refractivity contribution >= 4 is 28.2 Å². The zero-order chi connectivity index (χ0) is 17.7. The number of halogens is 1. The molecule has 5 heteroatoms. The predicted molar refractivity (Wildman–Crippen MR) is 105 cm³/mol. The molecule has 0 amide bonds. The summed E-state index contributed by atoms with van der Waals surface area (Å²) in [6.45, 7) is 1.63. The number of H-pyrrole nitrogens is 1. The SMILES string of the molecule is O=c1[nH]c(CN2CC3(CCCC3)c3ccccc32)nc2ccc(Cl)cc12. The Bertz CT molecular complexity index is 1050. The second kappa shape index (κ2) is 5.85. The van der Waals surface area contributed by atoms with Crippen molar-refractivity contribution in [2.45, 2.75) is 37.6 Å². The first-order valence-corrected chi connectivity index (χ1v) is 9.55. The maximum absolute atomic E-state index is 12.4. The van der Waals surface area contributed by atoms with Crippen molar-refractivity contribution in [3.05, 3.63) is 69.2 Å². The normalized spacial score (nSPS) is 18.0. The number of nitrogens with zero attached hydrogens (tertiary/aromatic N) is 2. The smallest absolute Gasteiger partial charge is 0.258 e. The fourth-order valence-corrected chi connectivity index (χ4v) is 4.94. The minimum atomic E-state index is -0.129. The lowest BCUT2D eigenvalue weighted by atomic mass is 9.81. The Balaban J connectivity index is 1.53. The Kier molecular flexibility index (Phi) is 3.57. The molecule has 4 nitrogen and oxygen atoms in total. The monoisotopic (exact) mass is 365 g/mol. The Morgan fingerprint density at radius 3 is 2.81 bits per heavy atom. The van der Waals surface area contributed by atoms with Crippen LogP contribution in [0.1, 0.15) is 37.1 Å². The van der Waals surface area contributed by atoms with Crippen LogP contribution in [-0.2, 0) is 12.0 Å². The number of hydrogen-bond acceptors (Lipinski definition) is 3. The van der Waals surface area contributed by atoms with E-state index in [4.69, 9.17) is 11.6 Å². The van der Waals surface area contributed by atoms with Crippen LogP contribution in [0.4, 0.5) is 5.69 Å². The summed E-state index contributed by atoms with van der Waals surface area (Å²) in [7, 11) is 0. The van der Waals surface area contributed by atoms with Gasteiger partial charge in [-0.2, -0.15) is 0 Å². The summed E-state index contributed by atoms with van der Waals surface area (Å²) < 4.78 is 0. The molecule has 0 unspecified atom stereocenters. The molecule has 1 N–H and O–H groups in total. The molecule has 1 spiro atoms. The number of aromatic nitrogens is 2. The van der Waals surface area contributed by atoms with Crippen LogP contribution in [0.3, 0.4) is 0 Å². The van der Waals surface area contributed by atoms with Crippen LogP contribution in [0.2, 0.25) is 5.02 Å². The molecule has 26 heavy (non-hydrogen) atoms. The number of aromatic amines is 1. The van der Waals surface area contributed by atoms with E-state index < -0.39 is 0 Å². The van der Waals surface area contributed by atoms with Crippen molar-refractivity contribution in [3.8, 4) is 0 Å². The van der Waals surface area contributed by atoms with Crippen molar-refractivity contribution in [3.63, 3.8) is 0 Å². The van der Waals surface area contributed by atoms with Gasteiger partial charge in [0.05, 0.1) is 17.4 Å². The van der Waals surface area contributed by atoms with Crippen LogP contribution < -0.4 is 10.5 Å². The molecule has 1 fully saturated rings. The van der Waals surface area contributed by atoms with Crippen LogP contribution in [0.15, 0.2) is 47.3 Å². The largest absolute Gasteiger partial charge is 0.363 e. The molecule has 2 heterocycles. The molecule has 1 aliphatic carbocycles. The number of rotatable bonds is 2. The second-order valence-electron chi connectivity index (χ2n) is 7.53. The van der Waals surface area contributed by atoms with Gasteiger partial charge in [-0.05, 0) is 42.7 Å². The van der Waals surface area contributed by atoms with Crippen molar-refractivity contribution < 1.29 is 0 Å². The highest BCUT2D eigenvalue weighted by Gasteiger charge is 2.44. The third kappa shape index (κ3) is 2.43. The quantitative estimate of drug-likeness (QED) is 0.731. The van der Waals surface area contributed by atoms with Crippen LogP contribution in [0.25, 0.3) is 10.9 Å². The topological polar surface area (TPSA) is 49.0 Å². The Morgan fingerprint density at radius 1 is 1.15 bits per heavy atom. The molecule has 132 valence electrons. The van der Waals surface area contributed by atoms with Gasteiger partial charge >= 0.3 is 0 Å². The standard InChI is InChI=1S/C21H20ClN3O/c22-14-7-8-17-15(11-14)20(26)24-19(23-17)12-25-13-21(9-3-4-10-21)16-5-1-2-6-18(16)25/h1-2,5-8,11H,3-4,9-10,12-13H2,(H,23,24,26). The highest BCUT2D eigenvalue weighted by molar-refractivity contribution is 6.31. The van der Waals surface area contributed by atoms with Gasteiger partial charge in [-0.3, -0.25) is 4.79 Å². The first-order valence-electron chi connectivity index (χ1n) is 9.18. The summed E-state index contributed by atoms with van der Waals surface area (Å²) in [5.41, 5.74) is 3.59. The first-order chi connectivity index (χ1) is 12.6. The zero-order valence-electron chi connectivity index (χ0n) is 14.5. The average Bonchev–Trinajstić information content (AvgIpc) is 3.23. The third-order valence-corrected chi connectivity index (χ3v) is 6.16. The molecule has 1 aliphatic heterocycles. The summed E-state index contributed by atoms with van der Waals surface area (Å²) >= 11 is 6.00. The summed E-state index contributed by atoms with van der Waals surface area (Å²) in [6, 6.07) is 14.0. The van der Waals surface area contributed by atoms with E-state index >= 15 is 0 Å². The lowest BCUT2D eigenvalue weighted by Gasteiger charge is -2.25. The maximum atomic E-state index is 12.4. The van der Waals surface area contributed by atoms with E-state index in [1.54, 1.807) is 12.1 Å². The van der Waals surface area contributed by atoms with E-state index in [-0.39, 0.29) is 11.0 Å². The number of nitrogens with one attached hydrogen (secondary N) is 1. The molecule has 1 saturated carbocycles. The predicted octanol–water partition coefficient (Wildman–Crippen LogP) is 4.41. The van der Waals surface area contributed by atoms with Gasteiger partial charge < -0.3 is 9.88 Å². The van der Waals surface area contributed by atoms with E-state index in [9.17, 15) is 4.79 Å². The van der Waals surface area contributed by atoms with Gasteiger partial charge in [-0.25, -0.2) is 4.98 Å². The molecule has 3 aromatic rings. The number of benzene rings is 2. The van der Waals surface area contributed by atoms with Crippen LogP contribution in [0, 0.1) is 0 Å². The van der Waals surface area contributed by atoms with Crippen LogP contribution >= 0.6 is 11.6 Å². The molecule has 1 aromatic heterocycles. The summed E-state index contributed by atoms with van der Waals surface area (Å²) in [4.78, 5) is 22.4. The van der Waals surface area contributed by atoms with E-state index in [1.165, 1.54) is 36.9 Å². The van der Waals surface area contributed by atoms with Gasteiger partial charge in [-0.15, -0.1) is 0 Å². The summed E-state index contributed by atoms with van der Waals surface area (Å²) in [5.74, 6) is 0.703. The van der Waals surface area contributed by atoms with E-state index in [2.05, 4.69) is 39.1 Å². The minimum Gasteiger partial charge on any atom is -0.363 e. The van der Waals surface area contributed by atoms with Crippen molar-refractivity contribution in [2.24, 2.45) is 0 Å². The molecule has 2 aromatic carbocycles. The second-order valence-corrected chi connectivity index (χ2v) is 7.97. The summed E-state index contributed by atoms with van der Waals surface area (Å²) in [5, 5.41) is 1.09. The average molecular weight is 366 g/mol. The van der Waals surface area contributed by atoms with Crippen molar-refractivity contribution in [1.29, 1.82) is 0 Å².